The quantitative estimate of drug-likeness (QED) is 0.538. The Bertz CT molecular complexity index is 266. The summed E-state index contributed by atoms with van der Waals surface area (Å²) in [5.41, 5.74) is 2.40. The number of carboxylic acid groups (broad SMARTS) is 1. The number of rotatable bonds is 5. The van der Waals surface area contributed by atoms with Gasteiger partial charge in [-0.2, -0.15) is 0 Å². The summed E-state index contributed by atoms with van der Waals surface area (Å²) < 4.78 is 0. The topological polar surface area (TPSA) is 37.3 Å². The maximum Gasteiger partial charge on any atom is 0.307 e. The van der Waals surface area contributed by atoms with E-state index < -0.39 is 5.97 Å². The van der Waals surface area contributed by atoms with Crippen LogP contribution in [0.4, 0.5) is 0 Å². The predicted molar refractivity (Wildman–Crippen MR) is 59.2 cm³/mol. The zero-order valence-corrected chi connectivity index (χ0v) is 9.08. The molecule has 0 aliphatic rings. The Morgan fingerprint density at radius 3 is 2.36 bits per heavy atom. The lowest BCUT2D eigenvalue weighted by Gasteiger charge is -1.91. The van der Waals surface area contributed by atoms with Crippen molar-refractivity contribution in [2.75, 3.05) is 0 Å². The summed E-state index contributed by atoms with van der Waals surface area (Å²) in [7, 11) is 0. The van der Waals surface area contributed by atoms with Gasteiger partial charge in [-0.3, -0.25) is 4.79 Å². The molecule has 1 N–H and O–H groups in total. The molecule has 0 aromatic rings. The third-order valence-corrected chi connectivity index (χ3v) is 1.64. The van der Waals surface area contributed by atoms with Gasteiger partial charge in [0, 0.05) is 0 Å². The van der Waals surface area contributed by atoms with Gasteiger partial charge in [0.2, 0.25) is 0 Å². The first-order chi connectivity index (χ1) is 6.52. The van der Waals surface area contributed by atoms with E-state index in [1.807, 2.05) is 13.0 Å². The fraction of sp³-hybridized carbons (Fsp3) is 0.417. The molecular weight excluding hydrogens is 176 g/mol. The van der Waals surface area contributed by atoms with Crippen LogP contribution in [-0.2, 0) is 4.79 Å². The minimum atomic E-state index is -0.793. The Labute approximate surface area is 85.6 Å². The summed E-state index contributed by atoms with van der Waals surface area (Å²) in [6.07, 6.45) is 8.71. The Hall–Kier alpha value is -1.31. The van der Waals surface area contributed by atoms with Gasteiger partial charge in [0.25, 0.3) is 0 Å². The van der Waals surface area contributed by atoms with E-state index in [1.54, 1.807) is 6.08 Å². The van der Waals surface area contributed by atoms with E-state index >= 15 is 0 Å². The van der Waals surface area contributed by atoms with Crippen LogP contribution in [0, 0.1) is 0 Å². The molecule has 0 amide bonds. The Morgan fingerprint density at radius 1 is 1.21 bits per heavy atom. The Balaban J connectivity index is 3.94. The smallest absolute Gasteiger partial charge is 0.307 e. The highest BCUT2D eigenvalue weighted by Crippen LogP contribution is 2.01. The van der Waals surface area contributed by atoms with Gasteiger partial charge in [0.1, 0.15) is 0 Å². The third kappa shape index (κ3) is 8.78. The lowest BCUT2D eigenvalue weighted by atomic mass is 10.2. The average Bonchev–Trinajstić information content (AvgIpc) is 2.02. The molecule has 0 fully saturated rings. The van der Waals surface area contributed by atoms with Crippen LogP contribution in [-0.4, -0.2) is 11.1 Å². The molecule has 14 heavy (non-hydrogen) atoms. The first-order valence-corrected chi connectivity index (χ1v) is 4.71. The second-order valence-corrected chi connectivity index (χ2v) is 3.47. The summed E-state index contributed by atoms with van der Waals surface area (Å²) >= 11 is 0. The maximum absolute atomic E-state index is 10.2. The van der Waals surface area contributed by atoms with Gasteiger partial charge in [-0.05, 0) is 27.2 Å². The standard InChI is InChI=1S/C12H18O2/c1-10(2)6-4-7-11(3)8-5-9-12(13)14/h5-8H,4,9H2,1-3H3,(H,13,14). The molecule has 0 aliphatic heterocycles. The Morgan fingerprint density at radius 2 is 1.86 bits per heavy atom. The summed E-state index contributed by atoms with van der Waals surface area (Å²) in [6, 6.07) is 0. The minimum absolute atomic E-state index is 0.0911. The molecule has 0 aromatic heterocycles. The van der Waals surface area contributed by atoms with E-state index in [9.17, 15) is 4.79 Å². The molecule has 0 saturated heterocycles. The second-order valence-electron chi connectivity index (χ2n) is 3.47. The van der Waals surface area contributed by atoms with Gasteiger partial charge in [-0.1, -0.05) is 35.5 Å². The fourth-order valence-corrected chi connectivity index (χ4v) is 0.894. The number of aliphatic carboxylic acids is 1. The Kier molecular flexibility index (Phi) is 6.46. The molecular formula is C12H18O2. The van der Waals surface area contributed by atoms with Gasteiger partial charge in [0.05, 0.1) is 6.42 Å². The van der Waals surface area contributed by atoms with Crippen LogP contribution in [0.2, 0.25) is 0 Å². The van der Waals surface area contributed by atoms with Crippen molar-refractivity contribution in [3.05, 3.63) is 35.5 Å². The molecule has 2 heteroatoms. The van der Waals surface area contributed by atoms with Gasteiger partial charge in [-0.25, -0.2) is 0 Å². The molecule has 2 nitrogen and oxygen atoms in total. The van der Waals surface area contributed by atoms with E-state index in [-0.39, 0.29) is 6.42 Å². The van der Waals surface area contributed by atoms with Crippen molar-refractivity contribution in [3.63, 3.8) is 0 Å². The molecule has 0 bridgehead atoms. The van der Waals surface area contributed by atoms with E-state index in [1.165, 1.54) is 5.57 Å². The number of hydrogen-bond donors (Lipinski definition) is 1. The SMILES string of the molecule is CC(C)=CCC=C(C)C=CCC(=O)O. The molecule has 0 heterocycles. The van der Waals surface area contributed by atoms with E-state index in [0.717, 1.165) is 12.0 Å². The van der Waals surface area contributed by atoms with Crippen LogP contribution in [0.15, 0.2) is 35.5 Å². The number of allylic oxidation sites excluding steroid dienone is 5. The number of carbonyl (C=O) groups is 1. The maximum atomic E-state index is 10.2. The van der Waals surface area contributed by atoms with E-state index in [0.29, 0.717) is 0 Å². The van der Waals surface area contributed by atoms with Crippen LogP contribution < -0.4 is 0 Å². The van der Waals surface area contributed by atoms with E-state index in [2.05, 4.69) is 26.0 Å². The van der Waals surface area contributed by atoms with Crippen molar-refractivity contribution < 1.29 is 9.90 Å². The van der Waals surface area contributed by atoms with Crippen LogP contribution >= 0.6 is 0 Å². The van der Waals surface area contributed by atoms with Gasteiger partial charge in [0.15, 0.2) is 0 Å². The first-order valence-electron chi connectivity index (χ1n) is 4.71. The summed E-state index contributed by atoms with van der Waals surface area (Å²) in [6.45, 7) is 6.09. The van der Waals surface area contributed by atoms with Crippen molar-refractivity contribution in [3.8, 4) is 0 Å². The molecule has 0 rings (SSSR count). The molecule has 0 radical (unpaired) electrons. The third-order valence-electron chi connectivity index (χ3n) is 1.64. The zero-order chi connectivity index (χ0) is 11.0. The van der Waals surface area contributed by atoms with Gasteiger partial charge >= 0.3 is 5.97 Å². The molecule has 0 aromatic carbocycles. The molecule has 0 aliphatic carbocycles. The lowest BCUT2D eigenvalue weighted by Crippen LogP contribution is -1.89. The van der Waals surface area contributed by atoms with Crippen LogP contribution in [0.3, 0.4) is 0 Å². The van der Waals surface area contributed by atoms with Gasteiger partial charge in [-0.15, -0.1) is 0 Å². The number of carboxylic acids is 1. The van der Waals surface area contributed by atoms with Crippen LogP contribution in [0.5, 0.6) is 0 Å². The van der Waals surface area contributed by atoms with Crippen LogP contribution in [0.1, 0.15) is 33.6 Å². The number of hydrogen-bond acceptors (Lipinski definition) is 1. The van der Waals surface area contributed by atoms with Crippen molar-refractivity contribution in [2.45, 2.75) is 33.6 Å². The molecule has 0 saturated carbocycles. The molecule has 0 unspecified atom stereocenters. The summed E-state index contributed by atoms with van der Waals surface area (Å²) in [5.74, 6) is -0.793. The molecule has 0 spiro atoms. The fourth-order valence-electron chi connectivity index (χ4n) is 0.894. The van der Waals surface area contributed by atoms with Gasteiger partial charge < -0.3 is 5.11 Å². The highest BCUT2D eigenvalue weighted by molar-refractivity contribution is 5.68. The van der Waals surface area contributed by atoms with Crippen molar-refractivity contribution in [1.82, 2.24) is 0 Å². The average molecular weight is 194 g/mol. The minimum Gasteiger partial charge on any atom is -0.481 e. The summed E-state index contributed by atoms with van der Waals surface area (Å²) in [4.78, 5) is 10.2. The van der Waals surface area contributed by atoms with Crippen molar-refractivity contribution in [2.24, 2.45) is 0 Å². The first kappa shape index (κ1) is 12.7. The predicted octanol–water partition coefficient (Wildman–Crippen LogP) is 3.32. The van der Waals surface area contributed by atoms with E-state index in [4.69, 9.17) is 5.11 Å². The largest absolute Gasteiger partial charge is 0.481 e. The normalized spacial score (nSPS) is 11.8. The van der Waals surface area contributed by atoms with Crippen LogP contribution in [0.25, 0.3) is 0 Å². The van der Waals surface area contributed by atoms with Crippen molar-refractivity contribution in [1.29, 1.82) is 0 Å². The van der Waals surface area contributed by atoms with Crippen molar-refractivity contribution >= 4 is 5.97 Å². The zero-order valence-electron chi connectivity index (χ0n) is 9.08. The summed E-state index contributed by atoms with van der Waals surface area (Å²) in [5, 5.41) is 8.40. The molecule has 78 valence electrons. The molecule has 0 atom stereocenters. The monoisotopic (exact) mass is 194 g/mol. The lowest BCUT2D eigenvalue weighted by molar-refractivity contribution is -0.135. The second kappa shape index (κ2) is 7.13. The highest BCUT2D eigenvalue weighted by atomic mass is 16.4. The highest BCUT2D eigenvalue weighted by Gasteiger charge is 1.88.